The van der Waals surface area contributed by atoms with Crippen molar-refractivity contribution in [1.82, 2.24) is 0 Å². The van der Waals surface area contributed by atoms with Gasteiger partial charge in [0.2, 0.25) is 0 Å². The molecular formula is C14H21N3OS. The van der Waals surface area contributed by atoms with Crippen LogP contribution in [0.4, 0.5) is 5.69 Å². The molecule has 1 aromatic rings. The monoisotopic (exact) mass is 279 g/mol. The molecule has 0 saturated carbocycles. The molecule has 0 amide bonds. The van der Waals surface area contributed by atoms with E-state index in [1.54, 1.807) is 0 Å². The Kier molecular flexibility index (Phi) is 4.24. The van der Waals surface area contributed by atoms with Crippen LogP contribution in [0.5, 0.6) is 0 Å². The highest BCUT2D eigenvalue weighted by Gasteiger charge is 2.25. The van der Waals surface area contributed by atoms with Crippen LogP contribution in [0.25, 0.3) is 0 Å². The number of benzene rings is 1. The maximum atomic E-state index is 8.95. The molecule has 5 heteroatoms. The molecule has 4 nitrogen and oxygen atoms in total. The average molecular weight is 279 g/mol. The first-order chi connectivity index (χ1) is 9.02. The van der Waals surface area contributed by atoms with Gasteiger partial charge in [0, 0.05) is 29.2 Å². The van der Waals surface area contributed by atoms with E-state index in [4.69, 9.17) is 10.9 Å². The standard InChI is InChI=1S/C14H21N3OS/c1-9-5-4-6-12(14(15)16-18)13(9)17-7-10(2)19-11(3)8-17/h4-6,10-11,18H,7-8H2,1-3H3,(H2,15,16). The summed E-state index contributed by atoms with van der Waals surface area (Å²) in [6.07, 6.45) is 0. The molecule has 1 saturated heterocycles. The number of aryl methyl sites for hydroxylation is 1. The second kappa shape index (κ2) is 5.74. The van der Waals surface area contributed by atoms with E-state index in [0.29, 0.717) is 10.5 Å². The van der Waals surface area contributed by atoms with Crippen molar-refractivity contribution in [1.29, 1.82) is 0 Å². The number of anilines is 1. The molecule has 0 aliphatic carbocycles. The summed E-state index contributed by atoms with van der Waals surface area (Å²) in [5.74, 6) is 0.178. The quantitative estimate of drug-likeness (QED) is 0.378. The molecule has 1 aromatic carbocycles. The molecule has 1 fully saturated rings. The maximum absolute atomic E-state index is 8.95. The van der Waals surface area contributed by atoms with Gasteiger partial charge in [-0.3, -0.25) is 0 Å². The molecule has 3 N–H and O–H groups in total. The van der Waals surface area contributed by atoms with Crippen LogP contribution in [-0.2, 0) is 0 Å². The van der Waals surface area contributed by atoms with E-state index < -0.39 is 0 Å². The van der Waals surface area contributed by atoms with Crippen LogP contribution in [0.3, 0.4) is 0 Å². The predicted octanol–water partition coefficient (Wildman–Crippen LogP) is 2.42. The molecule has 19 heavy (non-hydrogen) atoms. The Morgan fingerprint density at radius 3 is 2.58 bits per heavy atom. The van der Waals surface area contributed by atoms with Crippen LogP contribution in [0, 0.1) is 6.92 Å². The summed E-state index contributed by atoms with van der Waals surface area (Å²) in [5.41, 5.74) is 8.88. The van der Waals surface area contributed by atoms with Gasteiger partial charge >= 0.3 is 0 Å². The van der Waals surface area contributed by atoms with E-state index in [0.717, 1.165) is 29.9 Å². The third-order valence-electron chi connectivity index (χ3n) is 3.36. The minimum absolute atomic E-state index is 0.178. The Balaban J connectivity index is 2.43. The fourth-order valence-electron chi connectivity index (χ4n) is 2.70. The summed E-state index contributed by atoms with van der Waals surface area (Å²) in [7, 11) is 0. The lowest BCUT2D eigenvalue weighted by atomic mass is 10.0. The number of amidine groups is 1. The normalized spacial score (nSPS) is 24.6. The molecule has 1 heterocycles. The van der Waals surface area contributed by atoms with Crippen molar-refractivity contribution in [3.8, 4) is 0 Å². The minimum atomic E-state index is 0.178. The van der Waals surface area contributed by atoms with Crippen molar-refractivity contribution in [3.63, 3.8) is 0 Å². The molecule has 1 aliphatic rings. The third-order valence-corrected chi connectivity index (χ3v) is 4.58. The van der Waals surface area contributed by atoms with Crippen molar-refractivity contribution in [2.75, 3.05) is 18.0 Å². The lowest BCUT2D eigenvalue weighted by Gasteiger charge is -2.38. The van der Waals surface area contributed by atoms with Crippen molar-refractivity contribution >= 4 is 23.3 Å². The molecule has 0 bridgehead atoms. The fraction of sp³-hybridized carbons (Fsp3) is 0.500. The second-order valence-corrected chi connectivity index (χ2v) is 7.00. The van der Waals surface area contributed by atoms with Gasteiger partial charge < -0.3 is 15.8 Å². The Bertz CT molecular complexity index is 480. The number of nitrogens with zero attached hydrogens (tertiary/aromatic N) is 2. The van der Waals surface area contributed by atoms with Crippen LogP contribution >= 0.6 is 11.8 Å². The number of para-hydroxylation sites is 1. The number of rotatable bonds is 2. The van der Waals surface area contributed by atoms with Gasteiger partial charge in [0.25, 0.3) is 0 Å². The predicted molar refractivity (Wildman–Crippen MR) is 82.4 cm³/mol. The van der Waals surface area contributed by atoms with Gasteiger partial charge in [0.05, 0.1) is 5.69 Å². The largest absolute Gasteiger partial charge is 0.409 e. The summed E-state index contributed by atoms with van der Waals surface area (Å²) in [4.78, 5) is 2.36. The smallest absolute Gasteiger partial charge is 0.172 e. The molecule has 104 valence electrons. The van der Waals surface area contributed by atoms with Crippen molar-refractivity contribution in [3.05, 3.63) is 29.3 Å². The average Bonchev–Trinajstić information content (AvgIpc) is 2.36. The first-order valence-corrected chi connectivity index (χ1v) is 7.45. The highest BCUT2D eigenvalue weighted by Crippen LogP contribution is 2.32. The van der Waals surface area contributed by atoms with Gasteiger partial charge in [-0.05, 0) is 18.6 Å². The zero-order valence-electron chi connectivity index (χ0n) is 11.6. The lowest BCUT2D eigenvalue weighted by Crippen LogP contribution is -2.41. The lowest BCUT2D eigenvalue weighted by molar-refractivity contribution is 0.318. The van der Waals surface area contributed by atoms with Gasteiger partial charge in [-0.1, -0.05) is 31.1 Å². The highest BCUT2D eigenvalue weighted by molar-refractivity contribution is 8.00. The van der Waals surface area contributed by atoms with Gasteiger partial charge in [-0.2, -0.15) is 11.8 Å². The van der Waals surface area contributed by atoms with E-state index in [1.807, 2.05) is 23.9 Å². The number of nitrogens with two attached hydrogens (primary N) is 1. The third kappa shape index (κ3) is 2.97. The Hall–Kier alpha value is -1.36. The summed E-state index contributed by atoms with van der Waals surface area (Å²) in [6.45, 7) is 8.54. The topological polar surface area (TPSA) is 61.9 Å². The first-order valence-electron chi connectivity index (χ1n) is 6.50. The fourth-order valence-corrected chi connectivity index (χ4v) is 4.02. The van der Waals surface area contributed by atoms with Crippen LogP contribution < -0.4 is 10.6 Å². The van der Waals surface area contributed by atoms with E-state index >= 15 is 0 Å². The highest BCUT2D eigenvalue weighted by atomic mass is 32.2. The first kappa shape index (κ1) is 14.1. The van der Waals surface area contributed by atoms with Crippen LogP contribution in [0.1, 0.15) is 25.0 Å². The zero-order valence-corrected chi connectivity index (χ0v) is 12.4. The molecular weight excluding hydrogens is 258 g/mol. The number of hydrogen-bond donors (Lipinski definition) is 2. The van der Waals surface area contributed by atoms with Crippen LogP contribution in [0.15, 0.2) is 23.4 Å². The molecule has 0 spiro atoms. The molecule has 2 rings (SSSR count). The van der Waals surface area contributed by atoms with Crippen molar-refractivity contribution < 1.29 is 5.21 Å². The minimum Gasteiger partial charge on any atom is -0.409 e. The summed E-state index contributed by atoms with van der Waals surface area (Å²) >= 11 is 2.01. The van der Waals surface area contributed by atoms with Crippen LogP contribution in [-0.4, -0.2) is 34.6 Å². The molecule has 0 radical (unpaired) electrons. The number of hydrogen-bond acceptors (Lipinski definition) is 4. The summed E-state index contributed by atoms with van der Waals surface area (Å²) < 4.78 is 0. The van der Waals surface area contributed by atoms with Crippen LogP contribution in [0.2, 0.25) is 0 Å². The Labute approximate surface area is 118 Å². The van der Waals surface area contributed by atoms with E-state index in [1.165, 1.54) is 0 Å². The summed E-state index contributed by atoms with van der Waals surface area (Å²) in [6, 6.07) is 5.92. The van der Waals surface area contributed by atoms with Gasteiger partial charge in [-0.15, -0.1) is 0 Å². The maximum Gasteiger partial charge on any atom is 0.172 e. The molecule has 1 aliphatic heterocycles. The Morgan fingerprint density at radius 1 is 1.37 bits per heavy atom. The SMILES string of the molecule is Cc1cccc(/C(N)=N/O)c1N1CC(C)SC(C)C1. The zero-order chi connectivity index (χ0) is 14.0. The molecule has 2 unspecified atom stereocenters. The number of thioether (sulfide) groups is 1. The van der Waals surface area contributed by atoms with Gasteiger partial charge in [-0.25, -0.2) is 0 Å². The van der Waals surface area contributed by atoms with Gasteiger partial charge in [0.15, 0.2) is 5.84 Å². The summed E-state index contributed by atoms with van der Waals surface area (Å²) in [5, 5.41) is 13.3. The van der Waals surface area contributed by atoms with Crippen molar-refractivity contribution in [2.24, 2.45) is 10.9 Å². The van der Waals surface area contributed by atoms with Gasteiger partial charge in [0.1, 0.15) is 0 Å². The molecule has 2 atom stereocenters. The second-order valence-electron chi connectivity index (χ2n) is 5.12. The van der Waals surface area contributed by atoms with E-state index in [2.05, 4.69) is 36.9 Å². The van der Waals surface area contributed by atoms with E-state index in [-0.39, 0.29) is 5.84 Å². The van der Waals surface area contributed by atoms with E-state index in [9.17, 15) is 0 Å². The Morgan fingerprint density at radius 2 is 2.00 bits per heavy atom. The van der Waals surface area contributed by atoms with Crippen molar-refractivity contribution in [2.45, 2.75) is 31.3 Å². The molecule has 0 aromatic heterocycles. The number of oxime groups is 1.